The smallest absolute Gasteiger partial charge is 0.307 e. The molecule has 1 N–H and O–H groups in total. The third kappa shape index (κ3) is 2.15. The number of piperidine rings is 1. The molecule has 0 amide bonds. The van der Waals surface area contributed by atoms with E-state index in [4.69, 9.17) is 5.11 Å². The summed E-state index contributed by atoms with van der Waals surface area (Å²) in [7, 11) is 0. The number of rotatable bonds is 2. The summed E-state index contributed by atoms with van der Waals surface area (Å²) in [4.78, 5) is 13.5. The van der Waals surface area contributed by atoms with Crippen molar-refractivity contribution >= 4 is 5.97 Å². The van der Waals surface area contributed by atoms with Crippen LogP contribution in [0.1, 0.15) is 30.7 Å². The van der Waals surface area contributed by atoms with Gasteiger partial charge in [-0.15, -0.1) is 0 Å². The third-order valence-electron chi connectivity index (χ3n) is 4.45. The van der Waals surface area contributed by atoms with Crippen molar-refractivity contribution in [3.05, 3.63) is 35.9 Å². The highest BCUT2D eigenvalue weighted by Crippen LogP contribution is 2.37. The van der Waals surface area contributed by atoms with Crippen molar-refractivity contribution in [1.29, 1.82) is 0 Å². The Kier molecular flexibility index (Phi) is 3.08. The minimum atomic E-state index is -0.628. The molecule has 2 fully saturated rings. The highest BCUT2D eigenvalue weighted by Gasteiger charge is 2.38. The van der Waals surface area contributed by atoms with Crippen LogP contribution >= 0.6 is 0 Å². The monoisotopic (exact) mass is 245 g/mol. The average molecular weight is 245 g/mol. The van der Waals surface area contributed by atoms with Gasteiger partial charge in [0.15, 0.2) is 0 Å². The van der Waals surface area contributed by atoms with Gasteiger partial charge in [-0.2, -0.15) is 0 Å². The number of carboxylic acid groups (broad SMARTS) is 1. The molecule has 2 saturated heterocycles. The molecule has 96 valence electrons. The maximum Gasteiger partial charge on any atom is 0.307 e. The van der Waals surface area contributed by atoms with E-state index in [1.807, 2.05) is 6.07 Å². The summed E-state index contributed by atoms with van der Waals surface area (Å²) in [5.74, 6) is -0.198. The predicted molar refractivity (Wildman–Crippen MR) is 69.5 cm³/mol. The zero-order valence-corrected chi connectivity index (χ0v) is 10.5. The maximum atomic E-state index is 11.1. The van der Waals surface area contributed by atoms with Gasteiger partial charge in [-0.05, 0) is 30.7 Å². The lowest BCUT2D eigenvalue weighted by molar-refractivity contribution is -0.143. The van der Waals surface area contributed by atoms with Crippen molar-refractivity contribution in [2.24, 2.45) is 5.92 Å². The highest BCUT2D eigenvalue weighted by atomic mass is 16.4. The molecule has 2 aliphatic heterocycles. The molecular formula is C15H19NO2. The van der Waals surface area contributed by atoms with Crippen molar-refractivity contribution in [2.75, 3.05) is 13.1 Å². The first-order valence-corrected chi connectivity index (χ1v) is 6.76. The third-order valence-corrected chi connectivity index (χ3v) is 4.45. The van der Waals surface area contributed by atoms with Crippen LogP contribution in [-0.4, -0.2) is 35.1 Å². The van der Waals surface area contributed by atoms with Gasteiger partial charge >= 0.3 is 5.97 Å². The van der Waals surface area contributed by atoms with E-state index in [1.54, 1.807) is 0 Å². The first-order valence-electron chi connectivity index (χ1n) is 6.76. The van der Waals surface area contributed by atoms with Gasteiger partial charge in [0, 0.05) is 19.1 Å². The second-order valence-electron chi connectivity index (χ2n) is 5.56. The van der Waals surface area contributed by atoms with Crippen molar-refractivity contribution < 1.29 is 9.90 Å². The van der Waals surface area contributed by atoms with Gasteiger partial charge in [0.1, 0.15) is 0 Å². The largest absolute Gasteiger partial charge is 0.481 e. The molecule has 0 spiro atoms. The molecule has 3 atom stereocenters. The number of hydrogen-bond donors (Lipinski definition) is 1. The molecule has 0 saturated carbocycles. The van der Waals surface area contributed by atoms with Crippen LogP contribution in [0.4, 0.5) is 0 Å². The Morgan fingerprint density at radius 2 is 1.94 bits per heavy atom. The van der Waals surface area contributed by atoms with Gasteiger partial charge in [0.25, 0.3) is 0 Å². The number of aliphatic carboxylic acids is 1. The Morgan fingerprint density at radius 3 is 2.67 bits per heavy atom. The minimum absolute atomic E-state index is 0.157. The predicted octanol–water partition coefficient (Wildman–Crippen LogP) is 2.34. The Hall–Kier alpha value is -1.35. The van der Waals surface area contributed by atoms with E-state index < -0.39 is 5.97 Å². The van der Waals surface area contributed by atoms with Crippen LogP contribution in [0.15, 0.2) is 30.3 Å². The molecule has 3 rings (SSSR count). The molecule has 2 aliphatic rings. The lowest BCUT2D eigenvalue weighted by atomic mass is 9.91. The summed E-state index contributed by atoms with van der Waals surface area (Å²) in [6.07, 6.45) is 3.08. The minimum Gasteiger partial charge on any atom is -0.481 e. The second-order valence-corrected chi connectivity index (χ2v) is 5.56. The zero-order chi connectivity index (χ0) is 12.5. The fraction of sp³-hybridized carbons (Fsp3) is 0.533. The van der Waals surface area contributed by atoms with E-state index in [0.717, 1.165) is 25.9 Å². The Morgan fingerprint density at radius 1 is 1.17 bits per heavy atom. The molecule has 1 aromatic rings. The molecular weight excluding hydrogens is 226 g/mol. The van der Waals surface area contributed by atoms with E-state index in [2.05, 4.69) is 29.2 Å². The van der Waals surface area contributed by atoms with Crippen LogP contribution in [-0.2, 0) is 4.79 Å². The summed E-state index contributed by atoms with van der Waals surface area (Å²) in [5, 5.41) is 9.11. The van der Waals surface area contributed by atoms with E-state index in [1.165, 1.54) is 12.0 Å². The molecule has 0 aromatic heterocycles. The number of fused-ring (bicyclic) bond motifs is 1. The van der Waals surface area contributed by atoms with E-state index in [9.17, 15) is 4.79 Å². The van der Waals surface area contributed by atoms with E-state index >= 15 is 0 Å². The standard InChI is InChI=1S/C15H19NO2/c17-15(18)12-6-7-14-8-13(10-16(14)9-12)11-4-2-1-3-5-11/h1-5,12-14H,6-10H2,(H,17,18). The molecule has 0 bridgehead atoms. The molecule has 3 heteroatoms. The van der Waals surface area contributed by atoms with Crippen LogP contribution in [0, 0.1) is 5.92 Å². The first kappa shape index (κ1) is 11.7. The van der Waals surface area contributed by atoms with Crippen molar-refractivity contribution in [1.82, 2.24) is 4.90 Å². The van der Waals surface area contributed by atoms with Crippen molar-refractivity contribution in [2.45, 2.75) is 31.2 Å². The van der Waals surface area contributed by atoms with Gasteiger partial charge in [0.05, 0.1) is 5.92 Å². The topological polar surface area (TPSA) is 40.5 Å². The van der Waals surface area contributed by atoms with Gasteiger partial charge < -0.3 is 5.11 Å². The van der Waals surface area contributed by atoms with Crippen LogP contribution in [0.2, 0.25) is 0 Å². The molecule has 2 heterocycles. The summed E-state index contributed by atoms with van der Waals surface area (Å²) >= 11 is 0. The van der Waals surface area contributed by atoms with Crippen LogP contribution in [0.5, 0.6) is 0 Å². The summed E-state index contributed by atoms with van der Waals surface area (Å²) in [6.45, 7) is 1.77. The molecule has 3 nitrogen and oxygen atoms in total. The van der Waals surface area contributed by atoms with Gasteiger partial charge in [-0.25, -0.2) is 0 Å². The molecule has 0 aliphatic carbocycles. The van der Waals surface area contributed by atoms with E-state index in [0.29, 0.717) is 12.0 Å². The Bertz CT molecular complexity index is 431. The average Bonchev–Trinajstić information content (AvgIpc) is 2.82. The SMILES string of the molecule is O=C(O)C1CCC2CC(c3ccccc3)CN2C1. The highest BCUT2D eigenvalue weighted by molar-refractivity contribution is 5.70. The van der Waals surface area contributed by atoms with Gasteiger partial charge in [-0.3, -0.25) is 9.69 Å². The fourth-order valence-electron chi connectivity index (χ4n) is 3.44. The summed E-state index contributed by atoms with van der Waals surface area (Å²) in [5.41, 5.74) is 1.40. The molecule has 18 heavy (non-hydrogen) atoms. The van der Waals surface area contributed by atoms with Gasteiger partial charge in [0.2, 0.25) is 0 Å². The Balaban J connectivity index is 1.70. The molecule has 0 radical (unpaired) electrons. The maximum absolute atomic E-state index is 11.1. The number of nitrogens with zero attached hydrogens (tertiary/aromatic N) is 1. The molecule has 3 unspecified atom stereocenters. The number of hydrogen-bond acceptors (Lipinski definition) is 2. The molecule has 1 aromatic carbocycles. The fourth-order valence-corrected chi connectivity index (χ4v) is 3.44. The van der Waals surface area contributed by atoms with Crippen molar-refractivity contribution in [3.8, 4) is 0 Å². The lowest BCUT2D eigenvalue weighted by Crippen LogP contribution is -2.41. The normalized spacial score (nSPS) is 32.1. The summed E-state index contributed by atoms with van der Waals surface area (Å²) < 4.78 is 0. The number of benzene rings is 1. The summed E-state index contributed by atoms with van der Waals surface area (Å²) in [6, 6.07) is 11.2. The second kappa shape index (κ2) is 4.73. The van der Waals surface area contributed by atoms with Crippen LogP contribution < -0.4 is 0 Å². The van der Waals surface area contributed by atoms with E-state index in [-0.39, 0.29) is 5.92 Å². The van der Waals surface area contributed by atoms with Crippen LogP contribution in [0.3, 0.4) is 0 Å². The number of carbonyl (C=O) groups is 1. The van der Waals surface area contributed by atoms with Crippen molar-refractivity contribution in [3.63, 3.8) is 0 Å². The van der Waals surface area contributed by atoms with Gasteiger partial charge in [-0.1, -0.05) is 30.3 Å². The Labute approximate surface area is 107 Å². The number of carboxylic acids is 1. The first-order chi connectivity index (χ1) is 8.74. The zero-order valence-electron chi connectivity index (χ0n) is 10.5. The van der Waals surface area contributed by atoms with Crippen LogP contribution in [0.25, 0.3) is 0 Å². The quantitative estimate of drug-likeness (QED) is 0.869. The lowest BCUT2D eigenvalue weighted by Gasteiger charge is -2.32.